The van der Waals surface area contributed by atoms with E-state index >= 15 is 0 Å². The van der Waals surface area contributed by atoms with Gasteiger partial charge in [0, 0.05) is 6.42 Å². The van der Waals surface area contributed by atoms with Crippen molar-refractivity contribution in [3.8, 4) is 0 Å². The quantitative estimate of drug-likeness (QED) is 0.827. The summed E-state index contributed by atoms with van der Waals surface area (Å²) in [6.45, 7) is 5.83. The molecule has 0 bridgehead atoms. The monoisotopic (exact) mass is 405 g/mol. The number of rotatable bonds is 5. The molecular weight excluding hydrogens is 378 g/mol. The molecule has 1 saturated heterocycles. The summed E-state index contributed by atoms with van der Waals surface area (Å²) < 4.78 is 0. The van der Waals surface area contributed by atoms with Gasteiger partial charge in [-0.25, -0.2) is 0 Å². The molecule has 6 nitrogen and oxygen atoms in total. The number of hydrogen-bond donors (Lipinski definition) is 1. The third-order valence-corrected chi connectivity index (χ3v) is 6.27. The van der Waals surface area contributed by atoms with Crippen molar-refractivity contribution in [3.05, 3.63) is 65.2 Å². The summed E-state index contributed by atoms with van der Waals surface area (Å²) >= 11 is 0. The van der Waals surface area contributed by atoms with Crippen molar-refractivity contribution in [2.45, 2.75) is 51.7 Å². The molecule has 2 aliphatic heterocycles. The van der Waals surface area contributed by atoms with Crippen molar-refractivity contribution in [1.29, 1.82) is 0 Å². The van der Waals surface area contributed by atoms with Crippen molar-refractivity contribution in [3.63, 3.8) is 0 Å². The molecule has 2 aromatic rings. The molecule has 0 radical (unpaired) electrons. The molecule has 0 spiro atoms. The first-order chi connectivity index (χ1) is 14.3. The van der Waals surface area contributed by atoms with Gasteiger partial charge in [0.2, 0.25) is 11.8 Å². The zero-order valence-corrected chi connectivity index (χ0v) is 17.6. The number of benzene rings is 2. The van der Waals surface area contributed by atoms with E-state index in [0.29, 0.717) is 24.1 Å². The summed E-state index contributed by atoms with van der Waals surface area (Å²) in [6, 6.07) is 15.1. The smallest absolute Gasteiger partial charge is 0.258 e. The van der Waals surface area contributed by atoms with E-state index in [4.69, 9.17) is 0 Å². The second kappa shape index (κ2) is 7.59. The molecule has 1 N–H and O–H groups in total. The molecule has 0 saturated carbocycles. The molecule has 0 aliphatic carbocycles. The van der Waals surface area contributed by atoms with Crippen molar-refractivity contribution in [2.24, 2.45) is 0 Å². The molecule has 2 aromatic carbocycles. The summed E-state index contributed by atoms with van der Waals surface area (Å²) in [7, 11) is 0. The largest absolute Gasteiger partial charge is 0.348 e. The van der Waals surface area contributed by atoms with E-state index < -0.39 is 5.66 Å². The lowest BCUT2D eigenvalue weighted by molar-refractivity contribution is -0.124. The number of carbonyl (C=O) groups is 3. The minimum atomic E-state index is -0.828. The van der Waals surface area contributed by atoms with Crippen LogP contribution in [0.15, 0.2) is 48.5 Å². The normalized spacial score (nSPS) is 21.3. The van der Waals surface area contributed by atoms with Crippen molar-refractivity contribution < 1.29 is 14.4 Å². The molecule has 156 valence electrons. The van der Waals surface area contributed by atoms with Gasteiger partial charge in [-0.2, -0.15) is 0 Å². The van der Waals surface area contributed by atoms with Crippen molar-refractivity contribution >= 4 is 23.4 Å². The maximum atomic E-state index is 13.3. The molecule has 1 fully saturated rings. The van der Waals surface area contributed by atoms with Crippen LogP contribution in [0.3, 0.4) is 0 Å². The van der Waals surface area contributed by atoms with Crippen LogP contribution in [0.1, 0.15) is 60.6 Å². The highest BCUT2D eigenvalue weighted by molar-refractivity contribution is 6.11. The molecular formula is C24H27N3O3. The Hall–Kier alpha value is -3.15. The predicted molar refractivity (Wildman–Crippen MR) is 115 cm³/mol. The Labute approximate surface area is 176 Å². The maximum absolute atomic E-state index is 13.3. The van der Waals surface area contributed by atoms with Gasteiger partial charge in [-0.05, 0) is 44.4 Å². The van der Waals surface area contributed by atoms with Crippen molar-refractivity contribution in [1.82, 2.24) is 10.2 Å². The summed E-state index contributed by atoms with van der Waals surface area (Å²) in [5, 5.41) is 3.07. The molecule has 4 rings (SSSR count). The van der Waals surface area contributed by atoms with E-state index in [1.54, 1.807) is 28.0 Å². The Morgan fingerprint density at radius 3 is 2.53 bits per heavy atom. The van der Waals surface area contributed by atoms with Crippen LogP contribution in [-0.2, 0) is 9.59 Å². The highest BCUT2D eigenvalue weighted by atomic mass is 16.2. The summed E-state index contributed by atoms with van der Waals surface area (Å²) in [4.78, 5) is 42.1. The Kier molecular flexibility index (Phi) is 5.10. The number of anilines is 1. The first-order valence-corrected chi connectivity index (χ1v) is 10.4. The standard InChI is InChI=1S/C24H27N3O3/c1-4-19(17-11-9-16(2)10-12-17)25-21(28)15-26-23(30)18-7-5-6-8-20(18)27-22(29)13-14-24(26,27)3/h5-12,19H,4,13-15H2,1-3H3,(H,25,28)/t19-,24-/m1/s1. The zero-order valence-electron chi connectivity index (χ0n) is 17.6. The zero-order chi connectivity index (χ0) is 21.5. The average molecular weight is 405 g/mol. The summed E-state index contributed by atoms with van der Waals surface area (Å²) in [5.41, 5.74) is 2.47. The highest BCUT2D eigenvalue weighted by Crippen LogP contribution is 2.43. The molecule has 0 unspecified atom stereocenters. The van der Waals surface area contributed by atoms with E-state index in [2.05, 4.69) is 5.32 Å². The minimum Gasteiger partial charge on any atom is -0.348 e. The second-order valence-electron chi connectivity index (χ2n) is 8.29. The highest BCUT2D eigenvalue weighted by Gasteiger charge is 2.53. The van der Waals surface area contributed by atoms with Crippen LogP contribution in [-0.4, -0.2) is 34.8 Å². The fraction of sp³-hybridized carbons (Fsp3) is 0.375. The lowest BCUT2D eigenvalue weighted by atomic mass is 9.98. The van der Waals surface area contributed by atoms with Gasteiger partial charge in [-0.15, -0.1) is 0 Å². The van der Waals surface area contributed by atoms with Gasteiger partial charge in [0.25, 0.3) is 5.91 Å². The van der Waals surface area contributed by atoms with E-state index in [1.165, 1.54) is 0 Å². The van der Waals surface area contributed by atoms with E-state index in [0.717, 1.165) is 17.5 Å². The van der Waals surface area contributed by atoms with E-state index in [1.807, 2.05) is 51.1 Å². The second-order valence-corrected chi connectivity index (χ2v) is 8.29. The van der Waals surface area contributed by atoms with Gasteiger partial charge in [0.1, 0.15) is 12.2 Å². The molecule has 2 heterocycles. The fourth-order valence-electron chi connectivity index (χ4n) is 4.54. The number of hydrogen-bond acceptors (Lipinski definition) is 3. The molecule has 30 heavy (non-hydrogen) atoms. The predicted octanol–water partition coefficient (Wildman–Crippen LogP) is 3.56. The SMILES string of the molecule is CC[C@@H](NC(=O)CN1C(=O)c2ccccc2N2C(=O)CC[C@]12C)c1ccc(C)cc1. The van der Waals surface area contributed by atoms with Gasteiger partial charge in [0.05, 0.1) is 17.3 Å². The number of carbonyl (C=O) groups excluding carboxylic acids is 3. The summed E-state index contributed by atoms with van der Waals surface area (Å²) in [5.74, 6) is -0.456. The maximum Gasteiger partial charge on any atom is 0.258 e. The van der Waals surface area contributed by atoms with Gasteiger partial charge >= 0.3 is 0 Å². The first-order valence-electron chi connectivity index (χ1n) is 10.4. The van der Waals surface area contributed by atoms with Crippen molar-refractivity contribution in [2.75, 3.05) is 11.4 Å². The number of para-hydroxylation sites is 1. The van der Waals surface area contributed by atoms with E-state index in [9.17, 15) is 14.4 Å². The third-order valence-electron chi connectivity index (χ3n) is 6.27. The Morgan fingerprint density at radius 1 is 1.13 bits per heavy atom. The third kappa shape index (κ3) is 3.26. The van der Waals surface area contributed by atoms with E-state index in [-0.39, 0.29) is 30.3 Å². The van der Waals surface area contributed by atoms with Gasteiger partial charge in [0.15, 0.2) is 0 Å². The molecule has 2 aliphatic rings. The lowest BCUT2D eigenvalue weighted by Gasteiger charge is -2.48. The topological polar surface area (TPSA) is 69.7 Å². The Bertz CT molecular complexity index is 1000. The Balaban J connectivity index is 1.59. The van der Waals surface area contributed by atoms with Gasteiger partial charge < -0.3 is 10.2 Å². The van der Waals surface area contributed by atoms with Crippen LogP contribution in [0.4, 0.5) is 5.69 Å². The van der Waals surface area contributed by atoms with Crippen LogP contribution in [0.5, 0.6) is 0 Å². The van der Waals surface area contributed by atoms with Crippen LogP contribution in [0, 0.1) is 6.92 Å². The first kappa shape index (κ1) is 20.1. The number of aryl methyl sites for hydroxylation is 1. The molecule has 3 amide bonds. The number of amides is 3. The minimum absolute atomic E-state index is 0.0195. The number of nitrogens with zero attached hydrogens (tertiary/aromatic N) is 2. The molecule has 2 atom stereocenters. The van der Waals surface area contributed by atoms with Crippen LogP contribution >= 0.6 is 0 Å². The molecule has 6 heteroatoms. The van der Waals surface area contributed by atoms with Gasteiger partial charge in [-0.1, -0.05) is 48.9 Å². The lowest BCUT2D eigenvalue weighted by Crippen LogP contribution is -2.63. The van der Waals surface area contributed by atoms with Crippen LogP contribution in [0.25, 0.3) is 0 Å². The number of nitrogens with one attached hydrogen (secondary N) is 1. The van der Waals surface area contributed by atoms with Gasteiger partial charge in [-0.3, -0.25) is 19.3 Å². The number of fused-ring (bicyclic) bond motifs is 3. The van der Waals surface area contributed by atoms with Crippen LogP contribution < -0.4 is 10.2 Å². The van der Waals surface area contributed by atoms with Crippen LogP contribution in [0.2, 0.25) is 0 Å². The Morgan fingerprint density at radius 2 is 1.83 bits per heavy atom. The average Bonchev–Trinajstić information content (AvgIpc) is 3.05. The molecule has 0 aromatic heterocycles. The fourth-order valence-corrected chi connectivity index (χ4v) is 4.54. The summed E-state index contributed by atoms with van der Waals surface area (Å²) in [6.07, 6.45) is 1.61.